The Morgan fingerprint density at radius 1 is 1.06 bits per heavy atom. The van der Waals surface area contributed by atoms with Crippen LogP contribution in [0.2, 0.25) is 0 Å². The maximum atomic E-state index is 3.57. The fourth-order valence-electron chi connectivity index (χ4n) is 2.11. The molecule has 0 saturated heterocycles. The van der Waals surface area contributed by atoms with Crippen LogP contribution in [-0.4, -0.2) is 12.6 Å². The van der Waals surface area contributed by atoms with Gasteiger partial charge in [-0.25, -0.2) is 0 Å². The Labute approximate surface area is 100 Å². The lowest BCUT2D eigenvalue weighted by Crippen LogP contribution is -2.31. The van der Waals surface area contributed by atoms with Crippen molar-refractivity contribution in [3.05, 3.63) is 34.9 Å². The van der Waals surface area contributed by atoms with E-state index in [1.54, 1.807) is 0 Å². The lowest BCUT2D eigenvalue weighted by molar-refractivity contribution is 0.481. The van der Waals surface area contributed by atoms with Crippen LogP contribution < -0.4 is 5.32 Å². The number of aryl methyl sites for hydroxylation is 2. The zero-order valence-corrected chi connectivity index (χ0v) is 11.3. The summed E-state index contributed by atoms with van der Waals surface area (Å²) in [4.78, 5) is 0. The van der Waals surface area contributed by atoms with Crippen molar-refractivity contribution in [1.29, 1.82) is 0 Å². The summed E-state index contributed by atoms with van der Waals surface area (Å²) in [6, 6.07) is 7.39. The summed E-state index contributed by atoms with van der Waals surface area (Å²) in [7, 11) is 0. The van der Waals surface area contributed by atoms with Crippen molar-refractivity contribution in [1.82, 2.24) is 5.32 Å². The molecule has 0 aliphatic carbocycles. The molecule has 0 aliphatic rings. The molecular weight excluding hydrogens is 194 g/mol. The van der Waals surface area contributed by atoms with Crippen LogP contribution in [0.4, 0.5) is 0 Å². The third-order valence-electron chi connectivity index (χ3n) is 3.24. The first-order valence-corrected chi connectivity index (χ1v) is 6.36. The van der Waals surface area contributed by atoms with Crippen LogP contribution in [0.5, 0.6) is 0 Å². The minimum Gasteiger partial charge on any atom is -0.314 e. The predicted molar refractivity (Wildman–Crippen MR) is 72.1 cm³/mol. The Morgan fingerprint density at radius 3 is 2.12 bits per heavy atom. The van der Waals surface area contributed by atoms with Gasteiger partial charge in [-0.15, -0.1) is 0 Å². The van der Waals surface area contributed by atoms with Crippen LogP contribution in [-0.2, 0) is 0 Å². The van der Waals surface area contributed by atoms with Crippen LogP contribution in [0, 0.1) is 13.8 Å². The Balaban J connectivity index is 2.74. The van der Waals surface area contributed by atoms with Gasteiger partial charge in [-0.2, -0.15) is 0 Å². The van der Waals surface area contributed by atoms with Crippen LogP contribution in [0.1, 0.15) is 49.8 Å². The van der Waals surface area contributed by atoms with Crippen molar-refractivity contribution >= 4 is 0 Å². The summed E-state index contributed by atoms with van der Waals surface area (Å²) in [6.07, 6.45) is 1.20. The molecule has 1 heteroatoms. The third kappa shape index (κ3) is 3.64. The second-order valence-electron chi connectivity index (χ2n) is 4.95. The summed E-state index contributed by atoms with van der Waals surface area (Å²) in [6.45, 7) is 12.2. The molecule has 1 nitrogen and oxygen atoms in total. The van der Waals surface area contributed by atoms with Gasteiger partial charge in [0.2, 0.25) is 0 Å². The normalized spacial score (nSPS) is 14.8. The Bertz CT molecular complexity index is 310. The largest absolute Gasteiger partial charge is 0.314 e. The molecule has 0 spiro atoms. The zero-order chi connectivity index (χ0) is 12.1. The van der Waals surface area contributed by atoms with Gasteiger partial charge in [-0.3, -0.25) is 0 Å². The van der Waals surface area contributed by atoms with E-state index in [0.717, 1.165) is 6.54 Å². The van der Waals surface area contributed by atoms with Crippen molar-refractivity contribution in [2.75, 3.05) is 6.54 Å². The Kier molecular flexibility index (Phi) is 5.01. The van der Waals surface area contributed by atoms with Gasteiger partial charge in [0, 0.05) is 6.04 Å². The molecule has 1 aromatic carbocycles. The van der Waals surface area contributed by atoms with Gasteiger partial charge in [0.15, 0.2) is 0 Å². The first kappa shape index (κ1) is 13.2. The molecule has 1 N–H and O–H groups in total. The molecule has 90 valence electrons. The average Bonchev–Trinajstić information content (AvgIpc) is 2.23. The summed E-state index contributed by atoms with van der Waals surface area (Å²) >= 11 is 0. The van der Waals surface area contributed by atoms with Crippen LogP contribution in [0.15, 0.2) is 18.2 Å². The minimum absolute atomic E-state index is 0.543. The van der Waals surface area contributed by atoms with E-state index < -0.39 is 0 Å². The smallest absolute Gasteiger partial charge is 0.0105 e. The minimum atomic E-state index is 0.543. The molecule has 0 bridgehead atoms. The number of hydrogen-bond donors (Lipinski definition) is 1. The Hall–Kier alpha value is -0.820. The van der Waals surface area contributed by atoms with Gasteiger partial charge in [-0.1, -0.05) is 43.2 Å². The van der Waals surface area contributed by atoms with Crippen molar-refractivity contribution in [2.45, 2.75) is 53.0 Å². The summed E-state index contributed by atoms with van der Waals surface area (Å²) < 4.78 is 0. The SMILES string of the molecule is CCCNC(C)C(C)c1cc(C)cc(C)c1. The number of hydrogen-bond acceptors (Lipinski definition) is 1. The molecule has 0 heterocycles. The topological polar surface area (TPSA) is 12.0 Å². The van der Waals surface area contributed by atoms with Gasteiger partial charge in [0.05, 0.1) is 0 Å². The molecule has 2 unspecified atom stereocenters. The van der Waals surface area contributed by atoms with Gasteiger partial charge in [0.25, 0.3) is 0 Å². The van der Waals surface area contributed by atoms with E-state index in [0.29, 0.717) is 12.0 Å². The standard InChI is InChI=1S/C15H25N/c1-6-7-16-14(5)13(4)15-9-11(2)8-12(3)10-15/h8-10,13-14,16H,6-7H2,1-5H3. The van der Waals surface area contributed by atoms with Crippen LogP contribution in [0.25, 0.3) is 0 Å². The molecule has 0 radical (unpaired) electrons. The fraction of sp³-hybridized carbons (Fsp3) is 0.600. The number of nitrogens with one attached hydrogen (secondary N) is 1. The molecule has 0 fully saturated rings. The second kappa shape index (κ2) is 6.05. The monoisotopic (exact) mass is 219 g/mol. The third-order valence-corrected chi connectivity index (χ3v) is 3.24. The molecule has 1 aromatic rings. The van der Waals surface area contributed by atoms with Gasteiger partial charge < -0.3 is 5.32 Å². The predicted octanol–water partition coefficient (Wildman–Crippen LogP) is 3.80. The van der Waals surface area contributed by atoms with Crippen molar-refractivity contribution < 1.29 is 0 Å². The zero-order valence-electron chi connectivity index (χ0n) is 11.3. The van der Waals surface area contributed by atoms with Gasteiger partial charge >= 0.3 is 0 Å². The molecular formula is C15H25N. The van der Waals surface area contributed by atoms with E-state index in [-0.39, 0.29) is 0 Å². The molecule has 16 heavy (non-hydrogen) atoms. The molecule has 0 amide bonds. The van der Waals surface area contributed by atoms with Crippen LogP contribution >= 0.6 is 0 Å². The number of rotatable bonds is 5. The first-order chi connectivity index (χ1) is 7.54. The molecule has 0 aromatic heterocycles. The highest BCUT2D eigenvalue weighted by molar-refractivity contribution is 5.31. The van der Waals surface area contributed by atoms with Gasteiger partial charge in [-0.05, 0) is 45.2 Å². The van der Waals surface area contributed by atoms with Crippen LogP contribution in [0.3, 0.4) is 0 Å². The molecule has 0 saturated carbocycles. The van der Waals surface area contributed by atoms with Crippen molar-refractivity contribution in [2.24, 2.45) is 0 Å². The first-order valence-electron chi connectivity index (χ1n) is 6.36. The van der Waals surface area contributed by atoms with Crippen molar-refractivity contribution in [3.63, 3.8) is 0 Å². The van der Waals surface area contributed by atoms with Crippen molar-refractivity contribution in [3.8, 4) is 0 Å². The molecule has 1 rings (SSSR count). The average molecular weight is 219 g/mol. The van der Waals surface area contributed by atoms with E-state index in [1.807, 2.05) is 0 Å². The molecule has 0 aliphatic heterocycles. The highest BCUT2D eigenvalue weighted by Gasteiger charge is 2.13. The highest BCUT2D eigenvalue weighted by Crippen LogP contribution is 2.21. The van der Waals surface area contributed by atoms with E-state index in [2.05, 4.69) is 58.1 Å². The second-order valence-corrected chi connectivity index (χ2v) is 4.95. The maximum absolute atomic E-state index is 3.57. The summed E-state index contributed by atoms with van der Waals surface area (Å²) in [5.41, 5.74) is 4.18. The van der Waals surface area contributed by atoms with E-state index >= 15 is 0 Å². The van der Waals surface area contributed by atoms with E-state index in [9.17, 15) is 0 Å². The van der Waals surface area contributed by atoms with Gasteiger partial charge in [0.1, 0.15) is 0 Å². The maximum Gasteiger partial charge on any atom is 0.0105 e. The van der Waals surface area contributed by atoms with E-state index in [4.69, 9.17) is 0 Å². The fourth-order valence-corrected chi connectivity index (χ4v) is 2.11. The van der Waals surface area contributed by atoms with E-state index in [1.165, 1.54) is 23.1 Å². The lowest BCUT2D eigenvalue weighted by Gasteiger charge is -2.22. The summed E-state index contributed by atoms with van der Waals surface area (Å²) in [5.74, 6) is 0.574. The summed E-state index contributed by atoms with van der Waals surface area (Å²) in [5, 5.41) is 3.57. The molecule has 2 atom stereocenters. The quantitative estimate of drug-likeness (QED) is 0.794. The number of benzene rings is 1. The Morgan fingerprint density at radius 2 is 1.62 bits per heavy atom. The lowest BCUT2D eigenvalue weighted by atomic mass is 9.92. The highest BCUT2D eigenvalue weighted by atomic mass is 14.9.